The Labute approximate surface area is 170 Å². The van der Waals surface area contributed by atoms with Crippen molar-refractivity contribution in [2.45, 2.75) is 18.9 Å². The third-order valence-electron chi connectivity index (χ3n) is 4.22. The fraction of sp³-hybridized carbons (Fsp3) is 0.333. The third-order valence-corrected chi connectivity index (χ3v) is 4.47. The van der Waals surface area contributed by atoms with Crippen LogP contribution < -0.4 is 20.1 Å². The maximum Gasteiger partial charge on any atom is 0.257 e. The van der Waals surface area contributed by atoms with Gasteiger partial charge in [0.15, 0.2) is 5.11 Å². The molecule has 2 aromatic rings. The fourth-order valence-electron chi connectivity index (χ4n) is 2.77. The van der Waals surface area contributed by atoms with E-state index in [4.69, 9.17) is 26.4 Å². The van der Waals surface area contributed by atoms with Crippen molar-refractivity contribution >= 4 is 23.2 Å². The molecule has 1 amide bonds. The van der Waals surface area contributed by atoms with Gasteiger partial charge in [-0.15, -0.1) is 0 Å². The predicted octanol–water partition coefficient (Wildman–Crippen LogP) is 2.93. The summed E-state index contributed by atoms with van der Waals surface area (Å²) in [4.78, 5) is 12.2. The Morgan fingerprint density at radius 3 is 2.36 bits per heavy atom. The molecule has 0 aliphatic carbocycles. The van der Waals surface area contributed by atoms with Gasteiger partial charge >= 0.3 is 0 Å². The molecule has 2 N–H and O–H groups in total. The molecule has 7 heteroatoms. The summed E-state index contributed by atoms with van der Waals surface area (Å²) in [6.07, 6.45) is 2.25. The van der Waals surface area contributed by atoms with Crippen molar-refractivity contribution in [3.05, 3.63) is 60.2 Å². The minimum atomic E-state index is -0.260. The molecular weight excluding hydrogens is 376 g/mol. The van der Waals surface area contributed by atoms with Gasteiger partial charge in [-0.05, 0) is 61.5 Å². The highest BCUT2D eigenvalue weighted by molar-refractivity contribution is 7.80. The Bertz CT molecular complexity index is 762. The summed E-state index contributed by atoms with van der Waals surface area (Å²) in [6, 6.07) is 16.5. The molecule has 0 aromatic heterocycles. The number of amides is 1. The van der Waals surface area contributed by atoms with E-state index >= 15 is 0 Å². The van der Waals surface area contributed by atoms with E-state index in [2.05, 4.69) is 10.6 Å². The lowest BCUT2D eigenvalue weighted by molar-refractivity contribution is 0.0973. The lowest BCUT2D eigenvalue weighted by atomic mass is 10.2. The summed E-state index contributed by atoms with van der Waals surface area (Å²) in [5.41, 5.74) is 0.508. The van der Waals surface area contributed by atoms with E-state index in [9.17, 15) is 4.79 Å². The molecule has 1 fully saturated rings. The maximum atomic E-state index is 12.2. The minimum Gasteiger partial charge on any atom is -0.490 e. The van der Waals surface area contributed by atoms with Gasteiger partial charge in [-0.2, -0.15) is 0 Å². The summed E-state index contributed by atoms with van der Waals surface area (Å²) in [7, 11) is 0. The van der Waals surface area contributed by atoms with Crippen molar-refractivity contribution in [3.63, 3.8) is 0 Å². The van der Waals surface area contributed by atoms with Gasteiger partial charge in [-0.1, -0.05) is 18.2 Å². The fourth-order valence-corrected chi connectivity index (χ4v) is 2.95. The van der Waals surface area contributed by atoms with Crippen LogP contribution in [-0.2, 0) is 4.74 Å². The lowest BCUT2D eigenvalue weighted by Gasteiger charge is -2.13. The molecule has 1 aliphatic heterocycles. The second-order valence-corrected chi connectivity index (χ2v) is 6.74. The Morgan fingerprint density at radius 1 is 1.04 bits per heavy atom. The van der Waals surface area contributed by atoms with Gasteiger partial charge in [0.2, 0.25) is 0 Å². The van der Waals surface area contributed by atoms with E-state index in [0.29, 0.717) is 36.2 Å². The van der Waals surface area contributed by atoms with E-state index < -0.39 is 0 Å². The number of benzene rings is 2. The number of hydrogen-bond acceptors (Lipinski definition) is 5. The topological polar surface area (TPSA) is 68.8 Å². The average molecular weight is 401 g/mol. The largest absolute Gasteiger partial charge is 0.490 e. The number of hydrogen-bond donors (Lipinski definition) is 2. The van der Waals surface area contributed by atoms with Crippen LogP contribution in [-0.4, -0.2) is 43.5 Å². The lowest BCUT2D eigenvalue weighted by Crippen LogP contribution is -2.42. The SMILES string of the molecule is O=C(NC(=S)NC[C@@H]1CCCO1)c1ccc(OCCOc2ccccc2)cc1. The smallest absolute Gasteiger partial charge is 0.257 e. The second kappa shape index (κ2) is 10.6. The van der Waals surface area contributed by atoms with E-state index in [1.165, 1.54) is 0 Å². The first kappa shape index (κ1) is 20.1. The van der Waals surface area contributed by atoms with Gasteiger partial charge in [-0.25, -0.2) is 0 Å². The zero-order valence-corrected chi connectivity index (χ0v) is 16.4. The van der Waals surface area contributed by atoms with Gasteiger partial charge in [0, 0.05) is 18.7 Å². The molecule has 0 spiro atoms. The van der Waals surface area contributed by atoms with Crippen LogP contribution in [0.25, 0.3) is 0 Å². The first-order chi connectivity index (χ1) is 13.7. The van der Waals surface area contributed by atoms with E-state index in [1.807, 2.05) is 30.3 Å². The summed E-state index contributed by atoms with van der Waals surface area (Å²) in [5.74, 6) is 1.22. The molecule has 0 bridgehead atoms. The molecule has 0 radical (unpaired) electrons. The molecule has 1 atom stereocenters. The van der Waals surface area contributed by atoms with Crippen molar-refractivity contribution in [3.8, 4) is 11.5 Å². The van der Waals surface area contributed by atoms with Crippen molar-refractivity contribution in [2.24, 2.45) is 0 Å². The van der Waals surface area contributed by atoms with Crippen LogP contribution in [0, 0.1) is 0 Å². The molecule has 0 unspecified atom stereocenters. The molecule has 28 heavy (non-hydrogen) atoms. The maximum absolute atomic E-state index is 12.2. The number of carbonyl (C=O) groups is 1. The van der Waals surface area contributed by atoms with Crippen LogP contribution in [0.3, 0.4) is 0 Å². The standard InChI is InChI=1S/C21H24N2O4S/c24-20(23-21(28)22-15-19-7-4-12-25-19)16-8-10-18(11-9-16)27-14-13-26-17-5-2-1-3-6-17/h1-3,5-6,8-11,19H,4,7,12-15H2,(H2,22,23,24,28)/t19-/m0/s1. The first-order valence-corrected chi connectivity index (χ1v) is 9.73. The van der Waals surface area contributed by atoms with Crippen LogP contribution in [0.1, 0.15) is 23.2 Å². The molecule has 148 valence electrons. The van der Waals surface area contributed by atoms with E-state index in [-0.39, 0.29) is 12.0 Å². The van der Waals surface area contributed by atoms with Gasteiger partial charge in [-0.3, -0.25) is 10.1 Å². The Kier molecular flexibility index (Phi) is 7.63. The van der Waals surface area contributed by atoms with Crippen molar-refractivity contribution in [2.75, 3.05) is 26.4 Å². The molecule has 6 nitrogen and oxygen atoms in total. The Morgan fingerprint density at radius 2 is 1.71 bits per heavy atom. The van der Waals surface area contributed by atoms with Gasteiger partial charge in [0.25, 0.3) is 5.91 Å². The highest BCUT2D eigenvalue weighted by Crippen LogP contribution is 2.13. The Balaban J connectivity index is 1.36. The minimum absolute atomic E-state index is 0.164. The molecule has 3 rings (SSSR count). The summed E-state index contributed by atoms with van der Waals surface area (Å²) < 4.78 is 16.7. The third kappa shape index (κ3) is 6.51. The number of carbonyl (C=O) groups excluding carboxylic acids is 1. The first-order valence-electron chi connectivity index (χ1n) is 9.32. The molecule has 1 heterocycles. The molecule has 2 aromatic carbocycles. The normalized spacial score (nSPS) is 15.6. The second-order valence-electron chi connectivity index (χ2n) is 6.33. The van der Waals surface area contributed by atoms with Crippen molar-refractivity contribution < 1.29 is 19.0 Å². The van der Waals surface area contributed by atoms with Crippen LogP contribution in [0.15, 0.2) is 54.6 Å². The van der Waals surface area contributed by atoms with Crippen LogP contribution in [0.4, 0.5) is 0 Å². The van der Waals surface area contributed by atoms with Gasteiger partial charge < -0.3 is 19.5 Å². The highest BCUT2D eigenvalue weighted by Gasteiger charge is 2.16. The van der Waals surface area contributed by atoms with E-state index in [1.54, 1.807) is 24.3 Å². The number of nitrogens with one attached hydrogen (secondary N) is 2. The molecule has 0 saturated carbocycles. The van der Waals surface area contributed by atoms with Crippen LogP contribution in [0.2, 0.25) is 0 Å². The molecule has 1 saturated heterocycles. The number of rotatable bonds is 8. The van der Waals surface area contributed by atoms with Gasteiger partial charge in [0.1, 0.15) is 24.7 Å². The van der Waals surface area contributed by atoms with Gasteiger partial charge in [0.05, 0.1) is 6.10 Å². The summed E-state index contributed by atoms with van der Waals surface area (Å²) in [6.45, 7) is 2.25. The number of ether oxygens (including phenoxy) is 3. The summed E-state index contributed by atoms with van der Waals surface area (Å²) >= 11 is 5.16. The zero-order chi connectivity index (χ0) is 19.6. The van der Waals surface area contributed by atoms with Crippen molar-refractivity contribution in [1.29, 1.82) is 0 Å². The highest BCUT2D eigenvalue weighted by atomic mass is 32.1. The van der Waals surface area contributed by atoms with E-state index in [0.717, 1.165) is 25.2 Å². The predicted molar refractivity (Wildman–Crippen MR) is 111 cm³/mol. The quantitative estimate of drug-likeness (QED) is 0.525. The zero-order valence-electron chi connectivity index (χ0n) is 15.6. The molecular formula is C21H24N2O4S. The Hall–Kier alpha value is -2.64. The van der Waals surface area contributed by atoms with Crippen LogP contribution in [0.5, 0.6) is 11.5 Å². The number of thiocarbonyl (C=S) groups is 1. The summed E-state index contributed by atoms with van der Waals surface area (Å²) in [5, 5.41) is 6.00. The monoisotopic (exact) mass is 400 g/mol. The number of para-hydroxylation sites is 1. The molecule has 1 aliphatic rings. The van der Waals surface area contributed by atoms with Crippen LogP contribution >= 0.6 is 12.2 Å². The average Bonchev–Trinajstić information content (AvgIpc) is 3.25. The van der Waals surface area contributed by atoms with Crippen molar-refractivity contribution in [1.82, 2.24) is 10.6 Å².